The first-order chi connectivity index (χ1) is 12.6. The molecule has 0 aromatic carbocycles. The van der Waals surface area contributed by atoms with E-state index in [0.29, 0.717) is 43.5 Å². The summed E-state index contributed by atoms with van der Waals surface area (Å²) in [7, 11) is 1.98. The molecule has 140 valence electrons. The third-order valence-corrected chi connectivity index (χ3v) is 4.90. The van der Waals surface area contributed by atoms with Crippen LogP contribution in [0.5, 0.6) is 0 Å². The monoisotopic (exact) mass is 375 g/mol. The van der Waals surface area contributed by atoms with Crippen molar-refractivity contribution in [1.82, 2.24) is 24.2 Å². The van der Waals surface area contributed by atoms with Crippen molar-refractivity contribution >= 4 is 18.2 Å². The Labute approximate surface area is 158 Å². The van der Waals surface area contributed by atoms with Gasteiger partial charge >= 0.3 is 5.97 Å². The third kappa shape index (κ3) is 4.76. The molecule has 2 aromatic heterocycles. The van der Waals surface area contributed by atoms with Crippen molar-refractivity contribution in [3.8, 4) is 0 Å². The Morgan fingerprint density at radius 2 is 2.27 bits per heavy atom. The highest BCUT2D eigenvalue weighted by Crippen LogP contribution is 2.38. The lowest BCUT2D eigenvalue weighted by molar-refractivity contribution is -0.143. The first-order valence-corrected chi connectivity index (χ1v) is 9.40. The summed E-state index contributed by atoms with van der Waals surface area (Å²) in [5, 5.41) is 4.72. The maximum absolute atomic E-state index is 11.8. The van der Waals surface area contributed by atoms with E-state index in [2.05, 4.69) is 9.88 Å². The van der Waals surface area contributed by atoms with Gasteiger partial charge in [-0.2, -0.15) is 5.10 Å². The van der Waals surface area contributed by atoms with E-state index in [1.807, 2.05) is 41.5 Å². The first kappa shape index (κ1) is 18.7. The van der Waals surface area contributed by atoms with E-state index in [0.717, 1.165) is 11.4 Å². The van der Waals surface area contributed by atoms with Crippen molar-refractivity contribution in [1.29, 1.82) is 0 Å². The Morgan fingerprint density at radius 1 is 1.46 bits per heavy atom. The molecule has 0 atom stereocenters. The third-order valence-electron chi connectivity index (χ3n) is 4.42. The van der Waals surface area contributed by atoms with E-state index in [4.69, 9.17) is 22.1 Å². The fourth-order valence-electron chi connectivity index (χ4n) is 2.92. The highest BCUT2D eigenvalue weighted by atomic mass is 32.1. The molecule has 2 heterocycles. The predicted octanol–water partition coefficient (Wildman–Crippen LogP) is 2.64. The molecule has 0 aliphatic heterocycles. The van der Waals surface area contributed by atoms with Crippen LogP contribution >= 0.6 is 12.2 Å². The molecule has 0 N–H and O–H groups in total. The number of hydrogen-bond acceptors (Lipinski definition) is 6. The van der Waals surface area contributed by atoms with Crippen LogP contribution in [-0.4, -0.2) is 43.4 Å². The van der Waals surface area contributed by atoms with Gasteiger partial charge in [0, 0.05) is 38.4 Å². The summed E-state index contributed by atoms with van der Waals surface area (Å²) in [6.45, 7) is 4.00. The normalized spacial score (nSPS) is 14.0. The molecule has 1 fully saturated rings. The number of esters is 1. The first-order valence-electron chi connectivity index (χ1n) is 8.99. The van der Waals surface area contributed by atoms with Gasteiger partial charge in [0.15, 0.2) is 4.77 Å². The molecule has 8 heteroatoms. The number of pyridine rings is 1. The molecule has 0 bridgehead atoms. The second kappa shape index (κ2) is 8.55. The average Bonchev–Trinajstić information content (AvgIpc) is 3.44. The SMILES string of the molecule is CCOC(=O)CCN(Cc1cccnc1)Cn1nc(C2CC2)n(C)c1=S. The smallest absolute Gasteiger partial charge is 0.307 e. The zero-order valence-electron chi connectivity index (χ0n) is 15.3. The minimum absolute atomic E-state index is 0.188. The largest absolute Gasteiger partial charge is 0.466 e. The zero-order valence-corrected chi connectivity index (χ0v) is 16.1. The van der Waals surface area contributed by atoms with Crippen LogP contribution in [0.2, 0.25) is 0 Å². The number of hydrogen-bond donors (Lipinski definition) is 0. The molecule has 0 amide bonds. The zero-order chi connectivity index (χ0) is 18.5. The fourth-order valence-corrected chi connectivity index (χ4v) is 3.11. The highest BCUT2D eigenvalue weighted by molar-refractivity contribution is 7.71. The fraction of sp³-hybridized carbons (Fsp3) is 0.556. The molecular weight excluding hydrogens is 350 g/mol. The molecule has 2 aromatic rings. The van der Waals surface area contributed by atoms with Gasteiger partial charge in [-0.3, -0.25) is 14.7 Å². The molecule has 1 saturated carbocycles. The van der Waals surface area contributed by atoms with Crippen LogP contribution in [-0.2, 0) is 29.8 Å². The average molecular weight is 375 g/mol. The number of carbonyl (C=O) groups excluding carboxylic acids is 1. The molecule has 3 rings (SSSR count). The minimum Gasteiger partial charge on any atom is -0.466 e. The summed E-state index contributed by atoms with van der Waals surface area (Å²) in [6.07, 6.45) is 6.29. The van der Waals surface area contributed by atoms with Crippen molar-refractivity contribution in [3.63, 3.8) is 0 Å². The van der Waals surface area contributed by atoms with Crippen LogP contribution in [0.25, 0.3) is 0 Å². The van der Waals surface area contributed by atoms with Crippen LogP contribution < -0.4 is 0 Å². The minimum atomic E-state index is -0.188. The van der Waals surface area contributed by atoms with E-state index >= 15 is 0 Å². The van der Waals surface area contributed by atoms with Gasteiger partial charge in [0.05, 0.1) is 19.7 Å². The van der Waals surface area contributed by atoms with E-state index < -0.39 is 0 Å². The van der Waals surface area contributed by atoms with Crippen LogP contribution in [0.4, 0.5) is 0 Å². The van der Waals surface area contributed by atoms with E-state index in [1.54, 1.807) is 6.20 Å². The summed E-state index contributed by atoms with van der Waals surface area (Å²) in [4.78, 5) is 18.1. The van der Waals surface area contributed by atoms with Gasteiger partial charge in [-0.15, -0.1) is 0 Å². The summed E-state index contributed by atoms with van der Waals surface area (Å²) in [5.74, 6) is 1.41. The van der Waals surface area contributed by atoms with Gasteiger partial charge in [-0.05, 0) is 43.6 Å². The summed E-state index contributed by atoms with van der Waals surface area (Å²) in [5.41, 5.74) is 1.08. The second-order valence-corrected chi connectivity index (χ2v) is 6.95. The van der Waals surface area contributed by atoms with Crippen molar-refractivity contribution in [2.75, 3.05) is 13.2 Å². The molecule has 1 aliphatic rings. The number of rotatable bonds is 9. The Morgan fingerprint density at radius 3 is 2.92 bits per heavy atom. The summed E-state index contributed by atoms with van der Waals surface area (Å²) < 4.78 is 9.61. The van der Waals surface area contributed by atoms with Gasteiger partial charge in [0.2, 0.25) is 0 Å². The van der Waals surface area contributed by atoms with E-state index in [9.17, 15) is 4.79 Å². The Bertz CT molecular complexity index is 798. The van der Waals surface area contributed by atoms with Gasteiger partial charge in [0.1, 0.15) is 5.82 Å². The Kier molecular flexibility index (Phi) is 6.16. The summed E-state index contributed by atoms with van der Waals surface area (Å²) >= 11 is 5.55. The van der Waals surface area contributed by atoms with Crippen LogP contribution in [0.1, 0.15) is 43.5 Å². The molecular formula is C18H25N5O2S. The molecule has 26 heavy (non-hydrogen) atoms. The standard InChI is InChI=1S/C18H25N5O2S/c1-3-25-16(24)8-10-22(12-14-5-4-9-19-11-14)13-23-18(26)21(2)17(20-23)15-6-7-15/h4-5,9,11,15H,3,6-8,10,12-13H2,1-2H3. The molecule has 0 unspecified atom stereocenters. The quantitative estimate of drug-likeness (QED) is 0.496. The lowest BCUT2D eigenvalue weighted by Crippen LogP contribution is -2.29. The second-order valence-electron chi connectivity index (χ2n) is 6.58. The molecule has 1 aliphatic carbocycles. The topological polar surface area (TPSA) is 65.2 Å². The van der Waals surface area contributed by atoms with Crippen LogP contribution in [0.3, 0.4) is 0 Å². The lowest BCUT2D eigenvalue weighted by Gasteiger charge is -2.21. The number of aromatic nitrogens is 4. The van der Waals surface area contributed by atoms with E-state index in [-0.39, 0.29) is 5.97 Å². The molecule has 0 saturated heterocycles. The van der Waals surface area contributed by atoms with Gasteiger partial charge in [0.25, 0.3) is 0 Å². The van der Waals surface area contributed by atoms with Gasteiger partial charge < -0.3 is 9.30 Å². The highest BCUT2D eigenvalue weighted by Gasteiger charge is 2.29. The molecule has 7 nitrogen and oxygen atoms in total. The molecule has 0 radical (unpaired) electrons. The predicted molar refractivity (Wildman–Crippen MR) is 99.9 cm³/mol. The van der Waals surface area contributed by atoms with Gasteiger partial charge in [-0.1, -0.05) is 6.07 Å². The molecule has 0 spiro atoms. The van der Waals surface area contributed by atoms with Crippen LogP contribution in [0, 0.1) is 4.77 Å². The Hall–Kier alpha value is -2.06. The number of ether oxygens (including phenoxy) is 1. The maximum atomic E-state index is 11.8. The summed E-state index contributed by atoms with van der Waals surface area (Å²) in [6, 6.07) is 3.94. The lowest BCUT2D eigenvalue weighted by atomic mass is 10.2. The number of carbonyl (C=O) groups is 1. The van der Waals surface area contributed by atoms with Crippen molar-refractivity contribution in [3.05, 3.63) is 40.7 Å². The van der Waals surface area contributed by atoms with E-state index in [1.165, 1.54) is 12.8 Å². The van der Waals surface area contributed by atoms with Crippen molar-refractivity contribution < 1.29 is 9.53 Å². The van der Waals surface area contributed by atoms with Crippen LogP contribution in [0.15, 0.2) is 24.5 Å². The number of nitrogens with zero attached hydrogens (tertiary/aromatic N) is 5. The van der Waals surface area contributed by atoms with Gasteiger partial charge in [-0.25, -0.2) is 4.68 Å². The van der Waals surface area contributed by atoms with Crippen molar-refractivity contribution in [2.45, 2.75) is 45.3 Å². The maximum Gasteiger partial charge on any atom is 0.307 e. The Balaban J connectivity index is 1.73. The van der Waals surface area contributed by atoms with Crippen molar-refractivity contribution in [2.24, 2.45) is 7.05 Å².